The summed E-state index contributed by atoms with van der Waals surface area (Å²) in [6.45, 7) is 4.51. The van der Waals surface area contributed by atoms with Crippen LogP contribution in [0.4, 0.5) is 0 Å². The van der Waals surface area contributed by atoms with Crippen molar-refractivity contribution in [3.8, 4) is 5.75 Å². The van der Waals surface area contributed by atoms with E-state index in [1.807, 2.05) is 12.1 Å². The SMILES string of the molecule is CCC[C@@H](C)C(c1ccc(O)cc1)N(C)C. The predicted octanol–water partition coefficient (Wildman–Crippen LogP) is 3.43. The molecule has 1 N–H and O–H groups in total. The quantitative estimate of drug-likeness (QED) is 0.823. The van der Waals surface area contributed by atoms with Gasteiger partial charge in [-0.3, -0.25) is 0 Å². The number of phenols is 1. The van der Waals surface area contributed by atoms with Gasteiger partial charge in [-0.05, 0) is 44.1 Å². The molecule has 90 valence electrons. The van der Waals surface area contributed by atoms with Crippen molar-refractivity contribution in [2.75, 3.05) is 14.1 Å². The number of phenolic OH excluding ortho intramolecular Hbond substituents is 1. The molecule has 0 aliphatic carbocycles. The van der Waals surface area contributed by atoms with Crippen LogP contribution in [0.15, 0.2) is 24.3 Å². The highest BCUT2D eigenvalue weighted by Crippen LogP contribution is 2.30. The van der Waals surface area contributed by atoms with Crippen LogP contribution in [0, 0.1) is 5.92 Å². The largest absolute Gasteiger partial charge is 0.508 e. The van der Waals surface area contributed by atoms with Crippen molar-refractivity contribution < 1.29 is 5.11 Å². The van der Waals surface area contributed by atoms with Gasteiger partial charge in [0.15, 0.2) is 0 Å². The Morgan fingerprint density at radius 1 is 1.19 bits per heavy atom. The van der Waals surface area contributed by atoms with E-state index in [9.17, 15) is 5.11 Å². The van der Waals surface area contributed by atoms with Crippen LogP contribution in [0.25, 0.3) is 0 Å². The Bertz CT molecular complexity index is 305. The third-order valence-corrected chi connectivity index (χ3v) is 3.07. The molecular formula is C14H23NO. The van der Waals surface area contributed by atoms with Crippen molar-refractivity contribution in [3.05, 3.63) is 29.8 Å². The molecule has 0 bridgehead atoms. The van der Waals surface area contributed by atoms with Crippen molar-refractivity contribution in [3.63, 3.8) is 0 Å². The zero-order valence-electron chi connectivity index (χ0n) is 10.8. The van der Waals surface area contributed by atoms with Gasteiger partial charge in [0.05, 0.1) is 0 Å². The van der Waals surface area contributed by atoms with Crippen LogP contribution in [-0.2, 0) is 0 Å². The van der Waals surface area contributed by atoms with Crippen LogP contribution < -0.4 is 0 Å². The maximum Gasteiger partial charge on any atom is 0.115 e. The van der Waals surface area contributed by atoms with Crippen LogP contribution in [0.2, 0.25) is 0 Å². The molecule has 2 heteroatoms. The summed E-state index contributed by atoms with van der Waals surface area (Å²) >= 11 is 0. The van der Waals surface area contributed by atoms with E-state index in [0.717, 1.165) is 0 Å². The van der Waals surface area contributed by atoms with Crippen LogP contribution in [0.5, 0.6) is 5.75 Å². The normalized spacial score (nSPS) is 15.1. The van der Waals surface area contributed by atoms with E-state index in [2.05, 4.69) is 32.8 Å². The van der Waals surface area contributed by atoms with Crippen molar-refractivity contribution >= 4 is 0 Å². The molecule has 0 radical (unpaired) electrons. The molecule has 0 saturated carbocycles. The Balaban J connectivity index is 2.89. The van der Waals surface area contributed by atoms with E-state index >= 15 is 0 Å². The first kappa shape index (κ1) is 13.0. The fraction of sp³-hybridized carbons (Fsp3) is 0.571. The topological polar surface area (TPSA) is 23.5 Å². The molecule has 0 fully saturated rings. The molecule has 1 rings (SSSR count). The number of aromatic hydroxyl groups is 1. The molecule has 0 aliphatic heterocycles. The molecule has 0 heterocycles. The molecule has 0 aliphatic rings. The Morgan fingerprint density at radius 3 is 2.19 bits per heavy atom. The molecule has 0 aromatic heterocycles. The van der Waals surface area contributed by atoms with Gasteiger partial charge in [0.25, 0.3) is 0 Å². The summed E-state index contributed by atoms with van der Waals surface area (Å²) in [7, 11) is 4.23. The molecule has 0 spiro atoms. The van der Waals surface area contributed by atoms with Gasteiger partial charge in [0.1, 0.15) is 5.75 Å². The van der Waals surface area contributed by atoms with Crippen LogP contribution in [0.1, 0.15) is 38.3 Å². The number of nitrogens with zero attached hydrogens (tertiary/aromatic N) is 1. The van der Waals surface area contributed by atoms with Crippen molar-refractivity contribution in [1.29, 1.82) is 0 Å². The van der Waals surface area contributed by atoms with E-state index in [0.29, 0.717) is 17.7 Å². The summed E-state index contributed by atoms with van der Waals surface area (Å²) in [5, 5.41) is 9.31. The second-order valence-electron chi connectivity index (χ2n) is 4.77. The molecule has 1 unspecified atom stereocenters. The van der Waals surface area contributed by atoms with E-state index in [4.69, 9.17) is 0 Å². The number of hydrogen-bond donors (Lipinski definition) is 1. The third-order valence-electron chi connectivity index (χ3n) is 3.07. The lowest BCUT2D eigenvalue weighted by atomic mass is 9.90. The fourth-order valence-corrected chi connectivity index (χ4v) is 2.42. The highest BCUT2D eigenvalue weighted by Gasteiger charge is 2.20. The molecule has 1 aromatic carbocycles. The average molecular weight is 221 g/mol. The summed E-state index contributed by atoms with van der Waals surface area (Å²) in [5.41, 5.74) is 1.28. The minimum atomic E-state index is 0.337. The first-order valence-electron chi connectivity index (χ1n) is 6.01. The minimum absolute atomic E-state index is 0.337. The molecule has 2 nitrogen and oxygen atoms in total. The smallest absolute Gasteiger partial charge is 0.115 e. The highest BCUT2D eigenvalue weighted by molar-refractivity contribution is 5.28. The average Bonchev–Trinajstić information content (AvgIpc) is 2.21. The number of rotatable bonds is 5. The lowest BCUT2D eigenvalue weighted by Gasteiger charge is -2.30. The van der Waals surface area contributed by atoms with Gasteiger partial charge in [-0.15, -0.1) is 0 Å². The minimum Gasteiger partial charge on any atom is -0.508 e. The van der Waals surface area contributed by atoms with Gasteiger partial charge in [0, 0.05) is 6.04 Å². The first-order chi connectivity index (χ1) is 7.56. The van der Waals surface area contributed by atoms with E-state index in [-0.39, 0.29) is 0 Å². The van der Waals surface area contributed by atoms with Gasteiger partial charge >= 0.3 is 0 Å². The van der Waals surface area contributed by atoms with Gasteiger partial charge < -0.3 is 10.0 Å². The Hall–Kier alpha value is -1.02. The second kappa shape index (κ2) is 5.90. The summed E-state index contributed by atoms with van der Waals surface area (Å²) in [6.07, 6.45) is 2.44. The molecule has 0 amide bonds. The standard InChI is InChI=1S/C14H23NO/c1-5-6-11(2)14(15(3)4)12-7-9-13(16)10-8-12/h7-11,14,16H,5-6H2,1-4H3/t11-,14?/m1/s1. The molecule has 16 heavy (non-hydrogen) atoms. The Morgan fingerprint density at radius 2 is 1.75 bits per heavy atom. The van der Waals surface area contributed by atoms with Crippen molar-refractivity contribution in [2.45, 2.75) is 32.7 Å². The third kappa shape index (κ3) is 3.24. The fourth-order valence-electron chi connectivity index (χ4n) is 2.42. The monoisotopic (exact) mass is 221 g/mol. The van der Waals surface area contributed by atoms with Gasteiger partial charge in [0.2, 0.25) is 0 Å². The molecule has 1 aromatic rings. The zero-order valence-corrected chi connectivity index (χ0v) is 10.8. The van der Waals surface area contributed by atoms with E-state index < -0.39 is 0 Å². The van der Waals surface area contributed by atoms with Gasteiger partial charge in [-0.2, -0.15) is 0 Å². The lowest BCUT2D eigenvalue weighted by Crippen LogP contribution is -2.25. The van der Waals surface area contributed by atoms with Crippen molar-refractivity contribution in [1.82, 2.24) is 4.90 Å². The Kier molecular flexibility index (Phi) is 4.81. The maximum absolute atomic E-state index is 9.31. The maximum atomic E-state index is 9.31. The summed E-state index contributed by atoms with van der Waals surface area (Å²) < 4.78 is 0. The van der Waals surface area contributed by atoms with Gasteiger partial charge in [-0.1, -0.05) is 32.4 Å². The zero-order chi connectivity index (χ0) is 12.1. The van der Waals surface area contributed by atoms with Gasteiger partial charge in [-0.25, -0.2) is 0 Å². The van der Waals surface area contributed by atoms with E-state index in [1.54, 1.807) is 12.1 Å². The summed E-state index contributed by atoms with van der Waals surface area (Å²) in [6, 6.07) is 8.01. The Labute approximate surface area is 98.9 Å². The first-order valence-corrected chi connectivity index (χ1v) is 6.01. The lowest BCUT2D eigenvalue weighted by molar-refractivity contribution is 0.214. The van der Waals surface area contributed by atoms with Crippen LogP contribution in [0.3, 0.4) is 0 Å². The summed E-state index contributed by atoms with van der Waals surface area (Å²) in [5.74, 6) is 0.967. The summed E-state index contributed by atoms with van der Waals surface area (Å²) in [4.78, 5) is 2.26. The molecule has 2 atom stereocenters. The predicted molar refractivity (Wildman–Crippen MR) is 68.6 cm³/mol. The van der Waals surface area contributed by atoms with Crippen molar-refractivity contribution in [2.24, 2.45) is 5.92 Å². The van der Waals surface area contributed by atoms with Crippen LogP contribution >= 0.6 is 0 Å². The highest BCUT2D eigenvalue weighted by atomic mass is 16.3. The number of hydrogen-bond acceptors (Lipinski definition) is 2. The molecular weight excluding hydrogens is 198 g/mol. The number of benzene rings is 1. The van der Waals surface area contributed by atoms with E-state index in [1.165, 1.54) is 18.4 Å². The second-order valence-corrected chi connectivity index (χ2v) is 4.77. The van der Waals surface area contributed by atoms with Crippen LogP contribution in [-0.4, -0.2) is 24.1 Å². The molecule has 0 saturated heterocycles.